The molecule has 0 radical (unpaired) electrons. The summed E-state index contributed by atoms with van der Waals surface area (Å²) in [4.78, 5) is 23.8. The monoisotopic (exact) mass is 276 g/mol. The van der Waals surface area contributed by atoms with Crippen molar-refractivity contribution in [3.63, 3.8) is 0 Å². The first-order chi connectivity index (χ1) is 9.49. The summed E-state index contributed by atoms with van der Waals surface area (Å²) < 4.78 is 0. The Kier molecular flexibility index (Phi) is 3.97. The molecule has 7 nitrogen and oxygen atoms in total. The van der Waals surface area contributed by atoms with Crippen molar-refractivity contribution < 1.29 is 9.72 Å². The number of hydrogen-bond donors (Lipinski definition) is 1. The second-order valence-electron chi connectivity index (χ2n) is 4.99. The van der Waals surface area contributed by atoms with E-state index in [1.807, 2.05) is 6.07 Å². The van der Waals surface area contributed by atoms with Gasteiger partial charge < -0.3 is 4.90 Å². The zero-order valence-electron chi connectivity index (χ0n) is 11.3. The van der Waals surface area contributed by atoms with Crippen LogP contribution in [0.15, 0.2) is 29.4 Å². The summed E-state index contributed by atoms with van der Waals surface area (Å²) in [6.07, 6.45) is 2.20. The Labute approximate surface area is 116 Å². The van der Waals surface area contributed by atoms with Gasteiger partial charge >= 0.3 is 0 Å². The van der Waals surface area contributed by atoms with Gasteiger partial charge in [-0.05, 0) is 17.9 Å². The Hall–Kier alpha value is -2.44. The molecule has 0 heterocycles. The Morgan fingerprint density at radius 3 is 2.95 bits per heavy atom. The second kappa shape index (κ2) is 5.68. The minimum Gasteiger partial charge on any atom is -0.367 e. The number of rotatable bonds is 5. The highest BCUT2D eigenvalue weighted by atomic mass is 16.6. The molecule has 20 heavy (non-hydrogen) atoms. The van der Waals surface area contributed by atoms with Gasteiger partial charge in [0.2, 0.25) is 5.91 Å². The molecule has 0 saturated heterocycles. The Morgan fingerprint density at radius 2 is 2.30 bits per heavy atom. The van der Waals surface area contributed by atoms with Gasteiger partial charge in [0.25, 0.3) is 5.69 Å². The summed E-state index contributed by atoms with van der Waals surface area (Å²) in [5.74, 6) is -0.264. The molecule has 106 valence electrons. The van der Waals surface area contributed by atoms with E-state index in [4.69, 9.17) is 0 Å². The van der Waals surface area contributed by atoms with Gasteiger partial charge in [0, 0.05) is 32.1 Å². The number of nitrogens with zero attached hydrogens (tertiary/aromatic N) is 3. The zero-order chi connectivity index (χ0) is 14.7. The van der Waals surface area contributed by atoms with Crippen molar-refractivity contribution in [3.05, 3.63) is 39.9 Å². The van der Waals surface area contributed by atoms with E-state index < -0.39 is 4.92 Å². The molecule has 2 atom stereocenters. The van der Waals surface area contributed by atoms with Gasteiger partial charge in [-0.2, -0.15) is 5.10 Å². The van der Waals surface area contributed by atoms with Crippen molar-refractivity contribution >= 4 is 17.9 Å². The first kappa shape index (κ1) is 14.0. The molecule has 1 amide bonds. The molecule has 0 aromatic heterocycles. The van der Waals surface area contributed by atoms with Crippen LogP contribution < -0.4 is 5.43 Å². The van der Waals surface area contributed by atoms with Gasteiger partial charge in [0.15, 0.2) is 0 Å². The lowest BCUT2D eigenvalue weighted by molar-refractivity contribution is -0.384. The second-order valence-corrected chi connectivity index (χ2v) is 4.99. The number of non-ortho nitro benzene ring substituents is 1. The highest BCUT2D eigenvalue weighted by Crippen LogP contribution is 2.48. The fourth-order valence-electron chi connectivity index (χ4n) is 2.01. The summed E-state index contributed by atoms with van der Waals surface area (Å²) >= 11 is 0. The summed E-state index contributed by atoms with van der Waals surface area (Å²) in [5, 5.41) is 14.5. The largest absolute Gasteiger partial charge is 0.367 e. The van der Waals surface area contributed by atoms with Crippen LogP contribution in [-0.2, 0) is 4.79 Å². The minimum atomic E-state index is -0.428. The quantitative estimate of drug-likeness (QED) is 0.380. The van der Waals surface area contributed by atoms with Gasteiger partial charge in [0.05, 0.1) is 4.92 Å². The molecule has 7 heteroatoms. The molecule has 0 aliphatic heterocycles. The van der Waals surface area contributed by atoms with Gasteiger partial charge in [0.1, 0.15) is 6.34 Å². The third-order valence-electron chi connectivity index (χ3n) is 3.10. The Balaban J connectivity index is 1.96. The number of carbonyl (C=O) groups is 1. The van der Waals surface area contributed by atoms with Crippen LogP contribution in [0.2, 0.25) is 0 Å². The van der Waals surface area contributed by atoms with E-state index in [1.54, 1.807) is 25.1 Å². The topological polar surface area (TPSA) is 87.8 Å². The molecule has 1 fully saturated rings. The Bertz CT molecular complexity index is 556. The lowest BCUT2D eigenvalue weighted by atomic mass is 10.1. The van der Waals surface area contributed by atoms with Gasteiger partial charge in [-0.25, -0.2) is 5.43 Å². The van der Waals surface area contributed by atoms with Crippen molar-refractivity contribution in [1.82, 2.24) is 10.3 Å². The third kappa shape index (κ3) is 3.31. The van der Waals surface area contributed by atoms with Crippen LogP contribution in [0.4, 0.5) is 5.69 Å². The predicted octanol–water partition coefficient (Wildman–Crippen LogP) is 1.32. The minimum absolute atomic E-state index is 0.0458. The standard InChI is InChI=1S/C13H16N4O3/c1-16(2)8-14-15-13(18)12-7-11(12)9-4-3-5-10(6-9)17(19)20/h3-6,8,11-12H,7H2,1-2H3,(H,15,18)/b14-8+/t11-,12-/m1/s1. The van der Waals surface area contributed by atoms with Crippen molar-refractivity contribution in [2.45, 2.75) is 12.3 Å². The highest BCUT2D eigenvalue weighted by Gasteiger charge is 2.44. The number of hydrogen-bond acceptors (Lipinski definition) is 4. The Morgan fingerprint density at radius 1 is 1.55 bits per heavy atom. The average Bonchev–Trinajstić information content (AvgIpc) is 3.18. The first-order valence-electron chi connectivity index (χ1n) is 6.23. The fraction of sp³-hybridized carbons (Fsp3) is 0.385. The van der Waals surface area contributed by atoms with Gasteiger partial charge in [-0.1, -0.05) is 12.1 Å². The molecule has 1 aliphatic carbocycles. The van der Waals surface area contributed by atoms with Crippen molar-refractivity contribution in [1.29, 1.82) is 0 Å². The zero-order valence-corrected chi connectivity index (χ0v) is 11.3. The predicted molar refractivity (Wildman–Crippen MR) is 74.3 cm³/mol. The van der Waals surface area contributed by atoms with Gasteiger partial charge in [-0.15, -0.1) is 0 Å². The van der Waals surface area contributed by atoms with E-state index in [9.17, 15) is 14.9 Å². The molecule has 1 N–H and O–H groups in total. The molecule has 1 aromatic rings. The lowest BCUT2D eigenvalue weighted by Crippen LogP contribution is -2.22. The smallest absolute Gasteiger partial charge is 0.269 e. The van der Waals surface area contributed by atoms with E-state index in [2.05, 4.69) is 10.5 Å². The molecule has 0 unspecified atom stereocenters. The SMILES string of the molecule is CN(C)/C=N/NC(=O)[C@@H]1C[C@@H]1c1cccc([N+](=O)[O-])c1. The normalized spacial score (nSPS) is 20.7. The van der Waals surface area contributed by atoms with Crippen LogP contribution >= 0.6 is 0 Å². The number of nitro groups is 1. The van der Waals surface area contributed by atoms with Crippen molar-refractivity contribution in [3.8, 4) is 0 Å². The number of benzene rings is 1. The van der Waals surface area contributed by atoms with Crippen LogP contribution in [0.25, 0.3) is 0 Å². The van der Waals surface area contributed by atoms with Crippen LogP contribution in [-0.4, -0.2) is 36.2 Å². The number of hydrazone groups is 1. The molecular formula is C13H16N4O3. The summed E-state index contributed by atoms with van der Waals surface area (Å²) in [6, 6.07) is 6.43. The van der Waals surface area contributed by atoms with E-state index in [-0.39, 0.29) is 23.4 Å². The van der Waals surface area contributed by atoms with Crippen LogP contribution in [0, 0.1) is 16.0 Å². The van der Waals surface area contributed by atoms with Crippen molar-refractivity contribution in [2.24, 2.45) is 11.0 Å². The summed E-state index contributed by atoms with van der Waals surface area (Å²) in [5.41, 5.74) is 3.35. The van der Waals surface area contributed by atoms with Crippen molar-refractivity contribution in [2.75, 3.05) is 14.1 Å². The van der Waals surface area contributed by atoms with Crippen LogP contribution in [0.3, 0.4) is 0 Å². The molecule has 1 saturated carbocycles. The van der Waals surface area contributed by atoms with Crippen LogP contribution in [0.5, 0.6) is 0 Å². The van der Waals surface area contributed by atoms with E-state index >= 15 is 0 Å². The molecular weight excluding hydrogens is 260 g/mol. The molecule has 2 rings (SSSR count). The third-order valence-corrected chi connectivity index (χ3v) is 3.10. The van der Waals surface area contributed by atoms with Crippen LogP contribution in [0.1, 0.15) is 17.9 Å². The highest BCUT2D eigenvalue weighted by molar-refractivity contribution is 5.83. The van der Waals surface area contributed by atoms with E-state index in [0.717, 1.165) is 5.56 Å². The first-order valence-corrected chi connectivity index (χ1v) is 6.23. The number of nitrogens with one attached hydrogen (secondary N) is 1. The lowest BCUT2D eigenvalue weighted by Gasteiger charge is -2.03. The fourth-order valence-corrected chi connectivity index (χ4v) is 2.01. The average molecular weight is 276 g/mol. The maximum absolute atomic E-state index is 11.8. The molecule has 1 aromatic carbocycles. The van der Waals surface area contributed by atoms with E-state index in [1.165, 1.54) is 18.5 Å². The molecule has 1 aliphatic rings. The maximum Gasteiger partial charge on any atom is 0.269 e. The van der Waals surface area contributed by atoms with Gasteiger partial charge in [-0.3, -0.25) is 14.9 Å². The summed E-state index contributed by atoms with van der Waals surface area (Å²) in [6.45, 7) is 0. The maximum atomic E-state index is 11.8. The number of carbonyl (C=O) groups excluding carboxylic acids is 1. The summed E-state index contributed by atoms with van der Waals surface area (Å²) in [7, 11) is 3.61. The molecule has 0 spiro atoms. The molecule has 0 bridgehead atoms. The number of nitro benzene ring substituents is 1. The van der Waals surface area contributed by atoms with E-state index in [0.29, 0.717) is 6.42 Å². The number of amides is 1.